The van der Waals surface area contributed by atoms with Crippen LogP contribution in [0.1, 0.15) is 72.0 Å². The number of likely N-dealkylation sites (tertiary alicyclic amines) is 2. The number of tetrazole rings is 1. The van der Waals surface area contributed by atoms with Gasteiger partial charge in [-0.05, 0) is 111 Å². The molecule has 3 aromatic carbocycles. The average molecular weight is 681 g/mol. The van der Waals surface area contributed by atoms with Crippen molar-refractivity contribution in [2.75, 3.05) is 26.2 Å². The third-order valence-corrected chi connectivity index (χ3v) is 10.7. The molecule has 0 unspecified atom stereocenters. The fourth-order valence-electron chi connectivity index (χ4n) is 7.82. The number of rotatable bonds is 8. The Morgan fingerprint density at radius 2 is 1.68 bits per heavy atom. The maximum atomic E-state index is 14.8. The molecule has 258 valence electrons. The predicted molar refractivity (Wildman–Crippen MR) is 184 cm³/mol. The van der Waals surface area contributed by atoms with E-state index in [1.807, 2.05) is 36.4 Å². The highest BCUT2D eigenvalue weighted by Crippen LogP contribution is 2.46. The third kappa shape index (κ3) is 6.49. The Kier molecular flexibility index (Phi) is 8.60. The molecule has 1 aliphatic carbocycles. The van der Waals surface area contributed by atoms with Crippen molar-refractivity contribution >= 4 is 16.8 Å². The van der Waals surface area contributed by atoms with Gasteiger partial charge in [0.1, 0.15) is 0 Å². The normalized spacial score (nSPS) is 18.7. The smallest absolute Gasteiger partial charge is 0.342 e. The van der Waals surface area contributed by atoms with Gasteiger partial charge >= 0.3 is 6.18 Å². The number of benzene rings is 3. The molecule has 1 amide bonds. The van der Waals surface area contributed by atoms with Gasteiger partial charge in [-0.25, -0.2) is 10.1 Å². The second-order valence-electron chi connectivity index (χ2n) is 13.9. The molecular weight excluding hydrogens is 641 g/mol. The number of carbonyl (C=O) groups is 1. The monoisotopic (exact) mass is 680 g/mol. The quantitative estimate of drug-likeness (QED) is 0.183. The van der Waals surface area contributed by atoms with Crippen molar-refractivity contribution in [1.29, 1.82) is 0 Å². The molecule has 2 aromatic heterocycles. The van der Waals surface area contributed by atoms with E-state index in [1.165, 1.54) is 25.3 Å². The molecule has 9 nitrogen and oxygen atoms in total. The number of alkyl halides is 3. The van der Waals surface area contributed by atoms with Crippen LogP contribution in [-0.2, 0) is 18.3 Å². The molecule has 8 rings (SSSR count). The van der Waals surface area contributed by atoms with Crippen LogP contribution in [0.5, 0.6) is 0 Å². The molecule has 5 aromatic rings. The van der Waals surface area contributed by atoms with Crippen LogP contribution >= 0.6 is 0 Å². The van der Waals surface area contributed by atoms with Crippen molar-refractivity contribution in [3.63, 3.8) is 0 Å². The number of carbonyl (C=O) groups excluding carboxylic acids is 1. The van der Waals surface area contributed by atoms with Gasteiger partial charge in [-0.3, -0.25) is 9.69 Å². The molecule has 1 saturated carbocycles. The van der Waals surface area contributed by atoms with Crippen LogP contribution in [0.4, 0.5) is 13.2 Å². The second-order valence-corrected chi connectivity index (χ2v) is 13.9. The number of H-pyrrole nitrogens is 1. The number of nitrogens with one attached hydrogen (secondary N) is 2. The van der Waals surface area contributed by atoms with Crippen molar-refractivity contribution in [3.05, 3.63) is 95.1 Å². The van der Waals surface area contributed by atoms with E-state index < -0.39 is 17.3 Å². The number of piperidine rings is 2. The summed E-state index contributed by atoms with van der Waals surface area (Å²) in [5, 5.41) is 18.3. The molecule has 3 fully saturated rings. The number of fused-ring (bicyclic) bond motifs is 1. The summed E-state index contributed by atoms with van der Waals surface area (Å²) in [5.41, 5.74) is 2.65. The van der Waals surface area contributed by atoms with Gasteiger partial charge in [0.15, 0.2) is 5.82 Å². The second kappa shape index (κ2) is 13.2. The number of aromatic nitrogens is 5. The highest BCUT2D eigenvalue weighted by atomic mass is 19.4. The van der Waals surface area contributed by atoms with Gasteiger partial charge in [-0.1, -0.05) is 48.9 Å². The molecule has 0 radical (unpaired) electrons. The van der Waals surface area contributed by atoms with Gasteiger partial charge in [-0.2, -0.15) is 13.2 Å². The van der Waals surface area contributed by atoms with E-state index in [9.17, 15) is 18.0 Å². The number of hydrogen-bond acceptors (Lipinski definition) is 7. The molecule has 2 N–H and O–H groups in total. The van der Waals surface area contributed by atoms with Gasteiger partial charge in [0.25, 0.3) is 5.91 Å². The first-order chi connectivity index (χ1) is 24.3. The fourth-order valence-corrected chi connectivity index (χ4v) is 7.82. The molecule has 4 heterocycles. The van der Waals surface area contributed by atoms with Crippen molar-refractivity contribution in [2.24, 2.45) is 0 Å². The van der Waals surface area contributed by atoms with E-state index in [0.717, 1.165) is 69.6 Å². The standard InChI is InChI=1S/C38H39F3N8O/c39-38(40,41)28-11-7-8-25(22-28)34-31(24-48-20-14-29(15-21-48)49-18-5-2-6-19-49)33(36(50)43-37(16-17-37)27-9-3-1-4-10-27)30-23-26(12-13-32(30)42-34)35-44-46-47-45-35/h1,3-4,7-13,22-23,29H,2,5-6,14-21,24H2,(H,43,50)(H,44,45,46,47). The third-order valence-electron chi connectivity index (χ3n) is 10.7. The summed E-state index contributed by atoms with van der Waals surface area (Å²) in [5.74, 6) is 0.155. The molecule has 2 saturated heterocycles. The number of amides is 1. The number of halogens is 3. The van der Waals surface area contributed by atoms with Crippen molar-refractivity contribution < 1.29 is 18.0 Å². The zero-order chi connectivity index (χ0) is 34.3. The van der Waals surface area contributed by atoms with Gasteiger partial charge in [0, 0.05) is 34.7 Å². The molecule has 12 heteroatoms. The van der Waals surface area contributed by atoms with Crippen LogP contribution in [0.3, 0.4) is 0 Å². The van der Waals surface area contributed by atoms with Crippen molar-refractivity contribution in [1.82, 2.24) is 40.7 Å². The predicted octanol–water partition coefficient (Wildman–Crippen LogP) is 6.97. The van der Waals surface area contributed by atoms with Crippen LogP contribution in [0.25, 0.3) is 33.5 Å². The Balaban J connectivity index is 1.26. The van der Waals surface area contributed by atoms with Crippen LogP contribution in [-0.4, -0.2) is 73.5 Å². The van der Waals surface area contributed by atoms with Crippen LogP contribution in [0.15, 0.2) is 72.8 Å². The molecule has 0 bridgehead atoms. The number of nitrogens with zero attached hydrogens (tertiary/aromatic N) is 6. The minimum atomic E-state index is -4.53. The maximum absolute atomic E-state index is 14.8. The molecular formula is C38H39F3N8O. The van der Waals surface area contributed by atoms with Gasteiger partial charge in [0.2, 0.25) is 0 Å². The average Bonchev–Trinajstić information content (AvgIpc) is 3.71. The first-order valence-corrected chi connectivity index (χ1v) is 17.5. The summed E-state index contributed by atoms with van der Waals surface area (Å²) in [6.07, 6.45) is 2.81. The van der Waals surface area contributed by atoms with Gasteiger partial charge in [0.05, 0.1) is 27.9 Å². The number of hydrogen-bond donors (Lipinski definition) is 2. The Labute approximate surface area is 288 Å². The summed E-state index contributed by atoms with van der Waals surface area (Å²) in [6.45, 7) is 4.28. The first kappa shape index (κ1) is 32.5. The Hall–Kier alpha value is -4.68. The lowest BCUT2D eigenvalue weighted by Gasteiger charge is -2.40. The molecule has 2 aliphatic heterocycles. The van der Waals surface area contributed by atoms with Crippen LogP contribution < -0.4 is 5.32 Å². The largest absolute Gasteiger partial charge is 0.416 e. The summed E-state index contributed by atoms with van der Waals surface area (Å²) in [6, 6.07) is 21.1. The lowest BCUT2D eigenvalue weighted by Crippen LogP contribution is -2.46. The number of aromatic amines is 1. The molecule has 0 atom stereocenters. The Morgan fingerprint density at radius 3 is 2.38 bits per heavy atom. The van der Waals surface area contributed by atoms with E-state index in [-0.39, 0.29) is 5.91 Å². The SMILES string of the molecule is O=C(NC1(c2ccccc2)CC1)c1c(CN2CCC(N3CCCCC3)CC2)c(-c2cccc(C(F)(F)F)c2)nc2ccc(-c3nnn[nH]3)cc12. The van der Waals surface area contributed by atoms with E-state index in [0.29, 0.717) is 57.3 Å². The van der Waals surface area contributed by atoms with Crippen molar-refractivity contribution in [2.45, 2.75) is 69.2 Å². The maximum Gasteiger partial charge on any atom is 0.416 e. The summed E-state index contributed by atoms with van der Waals surface area (Å²) in [4.78, 5) is 24.8. The van der Waals surface area contributed by atoms with Crippen LogP contribution in [0.2, 0.25) is 0 Å². The summed E-state index contributed by atoms with van der Waals surface area (Å²) < 4.78 is 42.1. The molecule has 3 aliphatic rings. The zero-order valence-corrected chi connectivity index (χ0v) is 27.7. The minimum Gasteiger partial charge on any atom is -0.342 e. The zero-order valence-electron chi connectivity index (χ0n) is 27.7. The highest BCUT2D eigenvalue weighted by molar-refractivity contribution is 6.10. The van der Waals surface area contributed by atoms with Crippen LogP contribution in [0, 0.1) is 0 Å². The molecule has 50 heavy (non-hydrogen) atoms. The lowest BCUT2D eigenvalue weighted by molar-refractivity contribution is -0.137. The molecule has 0 spiro atoms. The Bertz CT molecular complexity index is 1980. The summed E-state index contributed by atoms with van der Waals surface area (Å²) >= 11 is 0. The van der Waals surface area contributed by atoms with Gasteiger partial charge in [-0.15, -0.1) is 5.10 Å². The van der Waals surface area contributed by atoms with Crippen molar-refractivity contribution in [3.8, 4) is 22.6 Å². The minimum absolute atomic E-state index is 0.280. The number of pyridine rings is 1. The van der Waals surface area contributed by atoms with Gasteiger partial charge < -0.3 is 10.2 Å². The Morgan fingerprint density at radius 1 is 0.900 bits per heavy atom. The van der Waals surface area contributed by atoms with E-state index in [2.05, 4.69) is 35.7 Å². The summed E-state index contributed by atoms with van der Waals surface area (Å²) in [7, 11) is 0. The van der Waals surface area contributed by atoms with E-state index >= 15 is 0 Å². The fraction of sp³-hybridized carbons (Fsp3) is 0.395. The topological polar surface area (TPSA) is 103 Å². The lowest BCUT2D eigenvalue weighted by atomic mass is 9.92. The highest BCUT2D eigenvalue weighted by Gasteiger charge is 2.46. The van der Waals surface area contributed by atoms with E-state index in [4.69, 9.17) is 4.98 Å². The van der Waals surface area contributed by atoms with E-state index in [1.54, 1.807) is 18.2 Å². The first-order valence-electron chi connectivity index (χ1n) is 17.5.